The van der Waals surface area contributed by atoms with Gasteiger partial charge in [0.2, 0.25) is 0 Å². The molecular formula is C21H24ClF3N2O4. The SMILES string of the molecule is O=C1CO[C@H]2CCN(C(=O)N3CCC(Oc4ccc(Cl)c(C(F)(F)F)c4)CC3)C[C@H]2C1. The van der Waals surface area contributed by atoms with Crippen LogP contribution in [0.1, 0.15) is 31.2 Å². The van der Waals surface area contributed by atoms with Gasteiger partial charge in [0.1, 0.15) is 18.5 Å². The number of Topliss-reactive ketones (excluding diaryl/α,β-unsaturated/α-hetero) is 1. The molecule has 0 unspecified atom stereocenters. The van der Waals surface area contributed by atoms with Crippen LogP contribution in [0.4, 0.5) is 18.0 Å². The van der Waals surface area contributed by atoms with Gasteiger partial charge < -0.3 is 19.3 Å². The molecule has 31 heavy (non-hydrogen) atoms. The number of urea groups is 1. The highest BCUT2D eigenvalue weighted by atomic mass is 35.5. The molecule has 0 aromatic heterocycles. The molecule has 1 aromatic rings. The maximum Gasteiger partial charge on any atom is 0.417 e. The Hall–Kier alpha value is -2.00. The largest absolute Gasteiger partial charge is 0.490 e. The summed E-state index contributed by atoms with van der Waals surface area (Å²) < 4.78 is 50.4. The first-order valence-corrected chi connectivity index (χ1v) is 10.8. The molecule has 6 nitrogen and oxygen atoms in total. The summed E-state index contributed by atoms with van der Waals surface area (Å²) >= 11 is 5.65. The standard InChI is InChI=1S/C21H24ClF3N2O4/c22-18-2-1-16(10-17(18)21(23,24)25)31-15-3-6-26(7-4-15)20(29)27-8-5-19-13(11-27)9-14(28)12-30-19/h1-2,10,13,15,19H,3-9,11-12H2/t13-,19+/m1/s1. The lowest BCUT2D eigenvalue weighted by atomic mass is 9.88. The van der Waals surface area contributed by atoms with Gasteiger partial charge in [-0.3, -0.25) is 4.79 Å². The van der Waals surface area contributed by atoms with E-state index in [1.54, 1.807) is 9.80 Å². The van der Waals surface area contributed by atoms with Crippen molar-refractivity contribution in [2.75, 3.05) is 32.8 Å². The Kier molecular flexibility index (Phi) is 6.35. The monoisotopic (exact) mass is 460 g/mol. The van der Waals surface area contributed by atoms with Crippen molar-refractivity contribution in [3.05, 3.63) is 28.8 Å². The number of amides is 2. The van der Waals surface area contributed by atoms with Crippen molar-refractivity contribution < 1.29 is 32.2 Å². The van der Waals surface area contributed by atoms with Gasteiger partial charge in [-0.15, -0.1) is 0 Å². The third-order valence-electron chi connectivity index (χ3n) is 6.14. The van der Waals surface area contributed by atoms with E-state index in [1.165, 1.54) is 12.1 Å². The zero-order valence-corrected chi connectivity index (χ0v) is 17.6. The molecule has 4 rings (SSSR count). The summed E-state index contributed by atoms with van der Waals surface area (Å²) in [4.78, 5) is 28.1. The number of rotatable bonds is 2. The second kappa shape index (κ2) is 8.86. The van der Waals surface area contributed by atoms with E-state index in [0.29, 0.717) is 45.4 Å². The summed E-state index contributed by atoms with van der Waals surface area (Å²) in [5.41, 5.74) is -0.923. The van der Waals surface area contributed by atoms with Gasteiger partial charge in [0.05, 0.1) is 16.7 Å². The fourth-order valence-electron chi connectivity index (χ4n) is 4.50. The van der Waals surface area contributed by atoms with Crippen LogP contribution in [0.3, 0.4) is 0 Å². The minimum Gasteiger partial charge on any atom is -0.490 e. The Morgan fingerprint density at radius 2 is 1.84 bits per heavy atom. The molecule has 0 aliphatic carbocycles. The lowest BCUT2D eigenvalue weighted by Gasteiger charge is -2.43. The normalized spacial score (nSPS) is 25.4. The molecule has 0 spiro atoms. The van der Waals surface area contributed by atoms with E-state index >= 15 is 0 Å². The summed E-state index contributed by atoms with van der Waals surface area (Å²) in [6.07, 6.45) is -2.56. The van der Waals surface area contributed by atoms with Crippen molar-refractivity contribution in [1.82, 2.24) is 9.80 Å². The van der Waals surface area contributed by atoms with Crippen LogP contribution in [0.2, 0.25) is 5.02 Å². The Bertz CT molecular complexity index is 842. The lowest BCUT2D eigenvalue weighted by Crippen LogP contribution is -2.55. The van der Waals surface area contributed by atoms with Crippen LogP contribution in [0.25, 0.3) is 0 Å². The van der Waals surface area contributed by atoms with Crippen molar-refractivity contribution in [3.63, 3.8) is 0 Å². The Morgan fingerprint density at radius 3 is 2.55 bits per heavy atom. The molecule has 2 amide bonds. The minimum absolute atomic E-state index is 0.0434. The van der Waals surface area contributed by atoms with E-state index in [4.69, 9.17) is 21.1 Å². The van der Waals surface area contributed by atoms with Crippen LogP contribution >= 0.6 is 11.6 Å². The second-order valence-electron chi connectivity index (χ2n) is 8.31. The number of hydrogen-bond acceptors (Lipinski definition) is 4. The summed E-state index contributed by atoms with van der Waals surface area (Å²) in [6, 6.07) is 3.45. The molecule has 0 bridgehead atoms. The van der Waals surface area contributed by atoms with E-state index < -0.39 is 11.7 Å². The first-order valence-electron chi connectivity index (χ1n) is 10.4. The van der Waals surface area contributed by atoms with Crippen LogP contribution < -0.4 is 4.74 Å². The first-order chi connectivity index (χ1) is 14.7. The van der Waals surface area contributed by atoms with Gasteiger partial charge in [-0.1, -0.05) is 11.6 Å². The van der Waals surface area contributed by atoms with Crippen molar-refractivity contribution in [2.24, 2.45) is 5.92 Å². The highest BCUT2D eigenvalue weighted by Gasteiger charge is 2.38. The summed E-state index contributed by atoms with van der Waals surface area (Å²) in [5, 5.41) is -0.367. The molecular weight excluding hydrogens is 437 g/mol. The topological polar surface area (TPSA) is 59.1 Å². The number of ether oxygens (including phenoxy) is 2. The quantitative estimate of drug-likeness (QED) is 0.669. The van der Waals surface area contributed by atoms with Crippen molar-refractivity contribution in [3.8, 4) is 5.75 Å². The number of halogens is 4. The number of piperidine rings is 2. The van der Waals surface area contributed by atoms with Gasteiger partial charge in [-0.2, -0.15) is 13.2 Å². The number of nitrogens with zero attached hydrogens (tertiary/aromatic N) is 2. The minimum atomic E-state index is -4.55. The molecule has 3 aliphatic heterocycles. The van der Waals surface area contributed by atoms with Crippen LogP contribution in [0, 0.1) is 5.92 Å². The van der Waals surface area contributed by atoms with Gasteiger partial charge in [-0.25, -0.2) is 4.79 Å². The average Bonchev–Trinajstić information content (AvgIpc) is 2.74. The van der Waals surface area contributed by atoms with Crippen LogP contribution in [0.5, 0.6) is 5.75 Å². The molecule has 3 fully saturated rings. The predicted molar refractivity (Wildman–Crippen MR) is 106 cm³/mol. The summed E-state index contributed by atoms with van der Waals surface area (Å²) in [5.74, 6) is 0.238. The zero-order valence-electron chi connectivity index (χ0n) is 16.9. The number of ketones is 1. The summed E-state index contributed by atoms with van der Waals surface area (Å²) in [6.45, 7) is 2.19. The number of alkyl halides is 3. The third kappa shape index (κ3) is 5.09. The second-order valence-corrected chi connectivity index (χ2v) is 8.72. The molecule has 0 N–H and O–H groups in total. The predicted octanol–water partition coefficient (Wildman–Crippen LogP) is 4.00. The average molecular weight is 461 g/mol. The van der Waals surface area contributed by atoms with Gasteiger partial charge in [-0.05, 0) is 24.6 Å². The van der Waals surface area contributed by atoms with Crippen molar-refractivity contribution >= 4 is 23.4 Å². The van der Waals surface area contributed by atoms with Crippen molar-refractivity contribution in [1.29, 1.82) is 0 Å². The molecule has 2 atom stereocenters. The van der Waals surface area contributed by atoms with E-state index in [0.717, 1.165) is 12.5 Å². The van der Waals surface area contributed by atoms with E-state index in [-0.39, 0.29) is 47.3 Å². The number of hydrogen-bond donors (Lipinski definition) is 0. The molecule has 0 saturated carbocycles. The zero-order chi connectivity index (χ0) is 22.2. The number of carbonyl (C=O) groups is 2. The molecule has 3 heterocycles. The number of fused-ring (bicyclic) bond motifs is 1. The smallest absolute Gasteiger partial charge is 0.417 e. The first kappa shape index (κ1) is 22.2. The molecule has 0 radical (unpaired) electrons. The van der Waals surface area contributed by atoms with Gasteiger partial charge in [0.15, 0.2) is 5.78 Å². The highest BCUT2D eigenvalue weighted by molar-refractivity contribution is 6.31. The van der Waals surface area contributed by atoms with Crippen LogP contribution in [0.15, 0.2) is 18.2 Å². The van der Waals surface area contributed by atoms with E-state index in [1.807, 2.05) is 0 Å². The maximum absolute atomic E-state index is 13.0. The Morgan fingerprint density at radius 1 is 1.13 bits per heavy atom. The molecule has 3 aliphatic rings. The maximum atomic E-state index is 13.0. The fourth-order valence-corrected chi connectivity index (χ4v) is 4.73. The lowest BCUT2D eigenvalue weighted by molar-refractivity contribution is -0.140. The molecule has 170 valence electrons. The highest BCUT2D eigenvalue weighted by Crippen LogP contribution is 2.37. The molecule has 1 aromatic carbocycles. The fraction of sp³-hybridized carbons (Fsp3) is 0.619. The third-order valence-corrected chi connectivity index (χ3v) is 6.47. The van der Waals surface area contributed by atoms with Crippen molar-refractivity contribution in [2.45, 2.75) is 44.1 Å². The van der Waals surface area contributed by atoms with Gasteiger partial charge >= 0.3 is 12.2 Å². The number of benzene rings is 1. The van der Waals surface area contributed by atoms with E-state index in [9.17, 15) is 22.8 Å². The molecule has 3 saturated heterocycles. The van der Waals surface area contributed by atoms with Crippen LogP contribution in [-0.4, -0.2) is 66.6 Å². The summed E-state index contributed by atoms with van der Waals surface area (Å²) in [7, 11) is 0. The molecule has 10 heteroatoms. The number of carbonyl (C=O) groups excluding carboxylic acids is 2. The van der Waals surface area contributed by atoms with Crippen LogP contribution in [-0.2, 0) is 15.7 Å². The number of likely N-dealkylation sites (tertiary alicyclic amines) is 2. The van der Waals surface area contributed by atoms with Gasteiger partial charge in [0.25, 0.3) is 0 Å². The van der Waals surface area contributed by atoms with E-state index in [2.05, 4.69) is 0 Å². The van der Waals surface area contributed by atoms with Gasteiger partial charge in [0, 0.05) is 51.4 Å². The Balaban J connectivity index is 1.30. The Labute approximate surface area is 183 Å².